The van der Waals surface area contributed by atoms with Crippen molar-refractivity contribution in [1.82, 2.24) is 5.32 Å². The van der Waals surface area contributed by atoms with Crippen LogP contribution in [0.5, 0.6) is 5.75 Å². The van der Waals surface area contributed by atoms with Crippen LogP contribution in [0, 0.1) is 5.92 Å². The summed E-state index contributed by atoms with van der Waals surface area (Å²) in [5.74, 6) is -0.453. The van der Waals surface area contributed by atoms with E-state index in [1.54, 1.807) is 0 Å². The van der Waals surface area contributed by atoms with Gasteiger partial charge in [-0.3, -0.25) is 9.59 Å². The standard InChI is InChI=1S/C19H25F2N4O4/c20-19(21)29-16-8-13(4-5-15(16)25-6-7-28-11-17(25)26)24-18(27)14(9-22)23-10-12-2-1-3-12/h4-5,8,12,14,19,22-23H,1-3,6-7,9-11H2,(H,24,27)/q-1/t14-/m0/s1. The molecule has 0 spiro atoms. The molecule has 1 heterocycles. The van der Waals surface area contributed by atoms with Gasteiger partial charge < -0.3 is 30.7 Å². The van der Waals surface area contributed by atoms with Gasteiger partial charge in [-0.15, -0.1) is 6.54 Å². The number of ether oxygens (including phenoxy) is 2. The van der Waals surface area contributed by atoms with Gasteiger partial charge in [-0.2, -0.15) is 8.78 Å². The summed E-state index contributed by atoms with van der Waals surface area (Å²) in [4.78, 5) is 25.8. The number of hydrogen-bond acceptors (Lipinski definition) is 5. The largest absolute Gasteiger partial charge is 0.676 e. The Balaban J connectivity index is 1.71. The van der Waals surface area contributed by atoms with Gasteiger partial charge in [0.15, 0.2) is 5.75 Å². The van der Waals surface area contributed by atoms with Crippen LogP contribution in [0.2, 0.25) is 0 Å². The van der Waals surface area contributed by atoms with E-state index in [2.05, 4.69) is 15.4 Å². The van der Waals surface area contributed by atoms with Crippen LogP contribution < -0.4 is 20.3 Å². The van der Waals surface area contributed by atoms with Crippen molar-refractivity contribution in [1.29, 1.82) is 0 Å². The van der Waals surface area contributed by atoms with E-state index in [4.69, 9.17) is 10.5 Å². The fourth-order valence-corrected chi connectivity index (χ4v) is 3.27. The Morgan fingerprint density at radius 2 is 2.17 bits per heavy atom. The normalized spacial score (nSPS) is 18.5. The third-order valence-corrected chi connectivity index (χ3v) is 5.12. The summed E-state index contributed by atoms with van der Waals surface area (Å²) in [6.07, 6.45) is 3.43. The number of benzene rings is 1. The van der Waals surface area contributed by atoms with E-state index >= 15 is 0 Å². The topological polar surface area (TPSA) is 104 Å². The van der Waals surface area contributed by atoms with Crippen LogP contribution in [-0.4, -0.2) is 57.3 Å². The fraction of sp³-hybridized carbons (Fsp3) is 0.579. The number of nitrogens with zero attached hydrogens (tertiary/aromatic N) is 1. The lowest BCUT2D eigenvalue weighted by Gasteiger charge is -2.29. The molecule has 29 heavy (non-hydrogen) atoms. The number of nitrogens with one attached hydrogen (secondary N) is 3. The predicted octanol–water partition coefficient (Wildman–Crippen LogP) is 2.40. The van der Waals surface area contributed by atoms with Crippen LogP contribution in [0.15, 0.2) is 18.2 Å². The van der Waals surface area contributed by atoms with Crippen LogP contribution >= 0.6 is 0 Å². The van der Waals surface area contributed by atoms with Gasteiger partial charge in [0, 0.05) is 18.3 Å². The molecule has 0 aromatic heterocycles. The second-order valence-corrected chi connectivity index (χ2v) is 7.11. The van der Waals surface area contributed by atoms with Crippen LogP contribution in [0.3, 0.4) is 0 Å². The minimum absolute atomic E-state index is 0.134. The lowest BCUT2D eigenvalue weighted by atomic mass is 9.85. The molecule has 1 saturated heterocycles. The molecule has 10 heteroatoms. The molecule has 2 fully saturated rings. The highest BCUT2D eigenvalue weighted by molar-refractivity contribution is 5.98. The summed E-state index contributed by atoms with van der Waals surface area (Å²) in [6.45, 7) is -2.17. The Hall–Kier alpha value is -2.30. The number of anilines is 2. The van der Waals surface area contributed by atoms with Crippen molar-refractivity contribution in [2.45, 2.75) is 31.9 Å². The van der Waals surface area contributed by atoms with Gasteiger partial charge in [0.1, 0.15) is 6.61 Å². The van der Waals surface area contributed by atoms with Crippen LogP contribution in [0.4, 0.5) is 20.2 Å². The third-order valence-electron chi connectivity index (χ3n) is 5.12. The van der Waals surface area contributed by atoms with Crippen molar-refractivity contribution in [3.8, 4) is 5.75 Å². The maximum absolute atomic E-state index is 12.9. The number of hydrogen-bond donors (Lipinski definition) is 2. The number of rotatable bonds is 9. The number of amides is 2. The molecule has 0 bridgehead atoms. The van der Waals surface area contributed by atoms with Gasteiger partial charge in [0.2, 0.25) is 5.91 Å². The lowest BCUT2D eigenvalue weighted by molar-refractivity contribution is -0.125. The average molecular weight is 411 g/mol. The van der Waals surface area contributed by atoms with E-state index < -0.39 is 18.6 Å². The number of carbonyl (C=O) groups is 2. The Labute approximate surface area is 167 Å². The summed E-state index contributed by atoms with van der Waals surface area (Å²) < 4.78 is 35.4. The molecular weight excluding hydrogens is 386 g/mol. The van der Waals surface area contributed by atoms with E-state index in [1.165, 1.54) is 29.5 Å². The fourth-order valence-electron chi connectivity index (χ4n) is 3.27. The van der Waals surface area contributed by atoms with Crippen molar-refractivity contribution in [3.05, 3.63) is 23.9 Å². The van der Waals surface area contributed by atoms with Crippen LogP contribution in [0.1, 0.15) is 19.3 Å². The smallest absolute Gasteiger partial charge is 0.387 e. The first-order valence-corrected chi connectivity index (χ1v) is 9.63. The molecule has 160 valence electrons. The van der Waals surface area contributed by atoms with Crippen LogP contribution in [-0.2, 0) is 14.3 Å². The molecule has 1 aromatic rings. The first kappa shape index (κ1) is 21.4. The SMILES string of the molecule is [NH-]C[C@H](NCC1CCC1)C(=O)Nc1ccc(N2CCOCC2=O)c(OC(F)F)c1. The number of morpholine rings is 1. The molecule has 1 aromatic carbocycles. The molecule has 1 saturated carbocycles. The number of carbonyl (C=O) groups excluding carboxylic acids is 2. The Morgan fingerprint density at radius 3 is 2.79 bits per heavy atom. The molecular formula is C19H25F2N4O4-. The van der Waals surface area contributed by atoms with E-state index in [1.807, 2.05) is 0 Å². The van der Waals surface area contributed by atoms with Gasteiger partial charge in [-0.05, 0) is 37.4 Å². The summed E-state index contributed by atoms with van der Waals surface area (Å²) in [7, 11) is 0. The lowest BCUT2D eigenvalue weighted by Crippen LogP contribution is -2.45. The van der Waals surface area contributed by atoms with Crippen molar-refractivity contribution in [3.63, 3.8) is 0 Å². The first-order valence-electron chi connectivity index (χ1n) is 9.63. The molecule has 0 unspecified atom stereocenters. The van der Waals surface area contributed by atoms with Crippen LogP contribution in [0.25, 0.3) is 5.73 Å². The molecule has 3 N–H and O–H groups in total. The summed E-state index contributed by atoms with van der Waals surface area (Å²) in [5, 5.41) is 5.72. The minimum Gasteiger partial charge on any atom is -0.676 e. The van der Waals surface area contributed by atoms with Crippen molar-refractivity contribution < 1.29 is 27.8 Å². The average Bonchev–Trinajstić information content (AvgIpc) is 2.64. The maximum Gasteiger partial charge on any atom is 0.387 e. The second kappa shape index (κ2) is 9.95. The van der Waals surface area contributed by atoms with Crippen molar-refractivity contribution >= 4 is 23.2 Å². The Kier molecular flexibility index (Phi) is 7.34. The number of alkyl halides is 2. The molecule has 0 radical (unpaired) electrons. The molecule has 3 rings (SSSR count). The van der Waals surface area contributed by atoms with Gasteiger partial charge in [-0.25, -0.2) is 0 Å². The zero-order chi connectivity index (χ0) is 20.8. The third kappa shape index (κ3) is 5.62. The van der Waals surface area contributed by atoms with E-state index in [-0.39, 0.29) is 49.3 Å². The van der Waals surface area contributed by atoms with Crippen molar-refractivity contribution in [2.75, 3.05) is 43.1 Å². The molecule has 1 aliphatic heterocycles. The van der Waals surface area contributed by atoms with Gasteiger partial charge in [0.05, 0.1) is 18.3 Å². The predicted molar refractivity (Wildman–Crippen MR) is 103 cm³/mol. The monoisotopic (exact) mass is 411 g/mol. The second-order valence-electron chi connectivity index (χ2n) is 7.11. The highest BCUT2D eigenvalue weighted by Gasteiger charge is 2.25. The van der Waals surface area contributed by atoms with Gasteiger partial charge in [-0.1, -0.05) is 6.42 Å². The summed E-state index contributed by atoms with van der Waals surface area (Å²) in [6, 6.07) is 3.53. The van der Waals surface area contributed by atoms with E-state index in [0.29, 0.717) is 12.5 Å². The van der Waals surface area contributed by atoms with E-state index in [9.17, 15) is 18.4 Å². The zero-order valence-electron chi connectivity index (χ0n) is 16.0. The minimum atomic E-state index is -3.08. The highest BCUT2D eigenvalue weighted by atomic mass is 19.3. The Bertz CT molecular complexity index is 730. The quantitative estimate of drug-likeness (QED) is 0.649. The molecule has 1 atom stereocenters. The zero-order valence-corrected chi connectivity index (χ0v) is 16.0. The van der Waals surface area contributed by atoms with E-state index in [0.717, 1.165) is 12.8 Å². The molecule has 1 aliphatic carbocycles. The maximum atomic E-state index is 12.9. The van der Waals surface area contributed by atoms with Crippen molar-refractivity contribution in [2.24, 2.45) is 5.92 Å². The molecule has 2 amide bonds. The highest BCUT2D eigenvalue weighted by Crippen LogP contribution is 2.33. The molecule has 8 nitrogen and oxygen atoms in total. The Morgan fingerprint density at radius 1 is 1.38 bits per heavy atom. The van der Waals surface area contributed by atoms with Gasteiger partial charge in [0.25, 0.3) is 5.91 Å². The summed E-state index contributed by atoms with van der Waals surface area (Å²) in [5.41, 5.74) is 8.04. The van der Waals surface area contributed by atoms with Gasteiger partial charge >= 0.3 is 6.61 Å². The summed E-state index contributed by atoms with van der Waals surface area (Å²) >= 11 is 0. The number of halogens is 2. The molecule has 2 aliphatic rings. The first-order chi connectivity index (χ1) is 14.0.